The lowest BCUT2D eigenvalue weighted by molar-refractivity contribution is -0.139. The molecule has 2 atom stereocenters. The Morgan fingerprint density at radius 2 is 1.46 bits per heavy atom. The van der Waals surface area contributed by atoms with Crippen molar-refractivity contribution in [3.8, 4) is 11.5 Å². The molecule has 0 saturated heterocycles. The van der Waals surface area contributed by atoms with E-state index >= 15 is 0 Å². The van der Waals surface area contributed by atoms with Crippen molar-refractivity contribution in [3.05, 3.63) is 23.8 Å². The predicted octanol–water partition coefficient (Wildman–Crippen LogP) is 4.32. The Bertz CT molecular complexity index is 887. The van der Waals surface area contributed by atoms with Crippen LogP contribution in [0.5, 0.6) is 11.5 Å². The molecule has 0 aliphatic rings. The molecular formula is C25H37NO11. The molecule has 208 valence electrons. The van der Waals surface area contributed by atoms with Crippen LogP contribution in [0, 0.1) is 5.92 Å². The van der Waals surface area contributed by atoms with Gasteiger partial charge >= 0.3 is 24.4 Å². The standard InChI is InChI=1S/C25H37NO11/c1-6-10-32-23(29)36-20-9-8-18(13-21(20)37-24(30)33-11-7-2)12-19(22(27)28)26-14-17(5)35-25(31)34-15-16(3)4/h8-9,13,16-17,19,26H,6-7,10-12,14-15H2,1-5H3,(H,27,28)/t17?,19-/m0/s1. The lowest BCUT2D eigenvalue weighted by Crippen LogP contribution is -2.42. The third-order valence-corrected chi connectivity index (χ3v) is 4.46. The number of benzene rings is 1. The van der Waals surface area contributed by atoms with Crippen LogP contribution >= 0.6 is 0 Å². The number of ether oxygens (including phenoxy) is 6. The normalized spacial score (nSPS) is 12.3. The Hall–Kier alpha value is -3.54. The molecule has 0 aliphatic heterocycles. The smallest absolute Gasteiger partial charge is 0.480 e. The van der Waals surface area contributed by atoms with E-state index in [0.717, 1.165) is 0 Å². The highest BCUT2D eigenvalue weighted by atomic mass is 16.7. The Labute approximate surface area is 216 Å². The zero-order valence-electron chi connectivity index (χ0n) is 21.9. The molecule has 0 aromatic heterocycles. The maximum absolute atomic E-state index is 12.0. The number of carboxylic acids is 1. The SMILES string of the molecule is CCCOC(=O)Oc1ccc(C[C@H](NCC(C)OC(=O)OCC(C)C)C(=O)O)cc1OC(=O)OCCC. The second-order valence-electron chi connectivity index (χ2n) is 8.57. The van der Waals surface area contributed by atoms with Crippen molar-refractivity contribution in [3.63, 3.8) is 0 Å². The first kappa shape index (κ1) is 31.5. The first-order valence-corrected chi connectivity index (χ1v) is 12.2. The third-order valence-electron chi connectivity index (χ3n) is 4.46. The number of rotatable bonds is 15. The van der Waals surface area contributed by atoms with E-state index in [0.29, 0.717) is 18.4 Å². The Morgan fingerprint density at radius 1 is 0.865 bits per heavy atom. The van der Waals surface area contributed by atoms with E-state index in [1.807, 2.05) is 27.7 Å². The van der Waals surface area contributed by atoms with Gasteiger partial charge in [-0.05, 0) is 49.8 Å². The van der Waals surface area contributed by atoms with Crippen molar-refractivity contribution in [1.82, 2.24) is 5.32 Å². The molecule has 0 saturated carbocycles. The second kappa shape index (κ2) is 17.0. The summed E-state index contributed by atoms with van der Waals surface area (Å²) in [5, 5.41) is 12.5. The summed E-state index contributed by atoms with van der Waals surface area (Å²) in [5.74, 6) is -1.23. The van der Waals surface area contributed by atoms with Gasteiger partial charge in [0.15, 0.2) is 11.5 Å². The highest BCUT2D eigenvalue weighted by molar-refractivity contribution is 5.74. The van der Waals surface area contributed by atoms with Crippen LogP contribution in [0.4, 0.5) is 14.4 Å². The van der Waals surface area contributed by atoms with Gasteiger partial charge in [-0.3, -0.25) is 4.79 Å². The van der Waals surface area contributed by atoms with Crippen LogP contribution in [-0.2, 0) is 30.2 Å². The number of hydrogen-bond donors (Lipinski definition) is 2. The van der Waals surface area contributed by atoms with Gasteiger partial charge in [0.2, 0.25) is 0 Å². The topological polar surface area (TPSA) is 156 Å². The molecule has 0 aliphatic carbocycles. The zero-order valence-corrected chi connectivity index (χ0v) is 21.9. The van der Waals surface area contributed by atoms with Gasteiger partial charge in [0, 0.05) is 6.54 Å². The van der Waals surface area contributed by atoms with Crippen LogP contribution in [0.1, 0.15) is 53.0 Å². The summed E-state index contributed by atoms with van der Waals surface area (Å²) in [4.78, 5) is 47.4. The largest absolute Gasteiger partial charge is 0.513 e. The highest BCUT2D eigenvalue weighted by Gasteiger charge is 2.22. The summed E-state index contributed by atoms with van der Waals surface area (Å²) < 4.78 is 30.2. The Balaban J connectivity index is 2.90. The molecule has 37 heavy (non-hydrogen) atoms. The summed E-state index contributed by atoms with van der Waals surface area (Å²) in [6, 6.07) is 3.18. The van der Waals surface area contributed by atoms with E-state index in [1.165, 1.54) is 18.2 Å². The maximum atomic E-state index is 12.0. The minimum Gasteiger partial charge on any atom is -0.480 e. The first-order chi connectivity index (χ1) is 17.5. The van der Waals surface area contributed by atoms with Crippen molar-refractivity contribution < 1.29 is 52.7 Å². The summed E-state index contributed by atoms with van der Waals surface area (Å²) in [6.45, 7) is 9.53. The summed E-state index contributed by atoms with van der Waals surface area (Å²) >= 11 is 0. The van der Waals surface area contributed by atoms with E-state index in [9.17, 15) is 24.3 Å². The minimum absolute atomic E-state index is 0.0270. The second-order valence-corrected chi connectivity index (χ2v) is 8.57. The van der Waals surface area contributed by atoms with E-state index < -0.39 is 36.6 Å². The fourth-order valence-corrected chi connectivity index (χ4v) is 2.72. The molecular weight excluding hydrogens is 490 g/mol. The van der Waals surface area contributed by atoms with E-state index in [4.69, 9.17) is 28.4 Å². The number of carboxylic acid groups (broad SMARTS) is 1. The Morgan fingerprint density at radius 3 is 2.00 bits per heavy atom. The third kappa shape index (κ3) is 13.4. The summed E-state index contributed by atoms with van der Waals surface area (Å²) in [5.41, 5.74) is 0.456. The molecule has 12 heteroatoms. The molecule has 0 spiro atoms. The molecule has 0 radical (unpaired) electrons. The maximum Gasteiger partial charge on any atom is 0.513 e. The van der Waals surface area contributed by atoms with Crippen LogP contribution in [-0.4, -0.2) is 68.1 Å². The molecule has 0 fully saturated rings. The summed E-state index contributed by atoms with van der Waals surface area (Å²) in [6.07, 6.45) is -2.33. The lowest BCUT2D eigenvalue weighted by Gasteiger charge is -2.19. The summed E-state index contributed by atoms with van der Waals surface area (Å²) in [7, 11) is 0. The quantitative estimate of drug-likeness (QED) is 0.189. The van der Waals surface area contributed by atoms with Crippen LogP contribution in [0.25, 0.3) is 0 Å². The molecule has 1 aromatic carbocycles. The molecule has 0 bridgehead atoms. The minimum atomic E-state index is -1.15. The van der Waals surface area contributed by atoms with Crippen LogP contribution in [0.3, 0.4) is 0 Å². The van der Waals surface area contributed by atoms with Gasteiger partial charge in [-0.2, -0.15) is 0 Å². The van der Waals surface area contributed by atoms with Gasteiger partial charge in [-0.25, -0.2) is 14.4 Å². The fourth-order valence-electron chi connectivity index (χ4n) is 2.72. The van der Waals surface area contributed by atoms with Crippen molar-refractivity contribution in [2.45, 2.75) is 66.0 Å². The fraction of sp³-hybridized carbons (Fsp3) is 0.600. The molecule has 2 N–H and O–H groups in total. The predicted molar refractivity (Wildman–Crippen MR) is 131 cm³/mol. The average Bonchev–Trinajstić information content (AvgIpc) is 2.83. The van der Waals surface area contributed by atoms with Crippen molar-refractivity contribution in [1.29, 1.82) is 0 Å². The van der Waals surface area contributed by atoms with Gasteiger partial charge in [0.05, 0.1) is 19.8 Å². The number of nitrogens with one attached hydrogen (secondary N) is 1. The molecule has 1 unspecified atom stereocenters. The number of aliphatic carboxylic acids is 1. The first-order valence-electron chi connectivity index (χ1n) is 12.2. The molecule has 1 aromatic rings. The van der Waals surface area contributed by atoms with Crippen LogP contribution < -0.4 is 14.8 Å². The zero-order chi connectivity index (χ0) is 27.8. The van der Waals surface area contributed by atoms with Crippen LogP contribution in [0.15, 0.2) is 18.2 Å². The van der Waals surface area contributed by atoms with Crippen molar-refractivity contribution in [2.75, 3.05) is 26.4 Å². The van der Waals surface area contributed by atoms with Crippen LogP contribution in [0.2, 0.25) is 0 Å². The lowest BCUT2D eigenvalue weighted by atomic mass is 10.0. The Kier molecular flexibility index (Phi) is 14.5. The number of hydrogen-bond acceptors (Lipinski definition) is 11. The van der Waals surface area contributed by atoms with E-state index in [-0.39, 0.29) is 50.2 Å². The van der Waals surface area contributed by atoms with Gasteiger partial charge < -0.3 is 38.8 Å². The monoisotopic (exact) mass is 527 g/mol. The van der Waals surface area contributed by atoms with Crippen molar-refractivity contribution in [2.24, 2.45) is 5.92 Å². The van der Waals surface area contributed by atoms with Crippen molar-refractivity contribution >= 4 is 24.4 Å². The van der Waals surface area contributed by atoms with Gasteiger partial charge in [0.25, 0.3) is 0 Å². The number of carbonyl (C=O) groups is 4. The van der Waals surface area contributed by atoms with E-state index in [1.54, 1.807) is 6.92 Å². The number of carbonyl (C=O) groups excluding carboxylic acids is 3. The van der Waals surface area contributed by atoms with Gasteiger partial charge in [-0.15, -0.1) is 0 Å². The van der Waals surface area contributed by atoms with Gasteiger partial charge in [-0.1, -0.05) is 33.8 Å². The average molecular weight is 528 g/mol. The molecule has 0 amide bonds. The molecule has 0 heterocycles. The van der Waals surface area contributed by atoms with Gasteiger partial charge in [0.1, 0.15) is 12.1 Å². The molecule has 12 nitrogen and oxygen atoms in total. The van der Waals surface area contributed by atoms with E-state index in [2.05, 4.69) is 5.32 Å². The highest BCUT2D eigenvalue weighted by Crippen LogP contribution is 2.30. The molecule has 1 rings (SSSR count).